The third-order valence-corrected chi connectivity index (χ3v) is 3.14. The Hall–Kier alpha value is -1.49. The fourth-order valence-electron chi connectivity index (χ4n) is 1.04. The van der Waals surface area contributed by atoms with Gasteiger partial charge in [-0.1, -0.05) is 0 Å². The number of hydrogen-bond donors (Lipinski definition) is 1. The Labute approximate surface area is 89.9 Å². The van der Waals surface area contributed by atoms with Gasteiger partial charge < -0.3 is 5.11 Å². The number of aliphatic carboxylic acids is 1. The van der Waals surface area contributed by atoms with Crippen molar-refractivity contribution in [1.82, 2.24) is 0 Å². The molecule has 0 aliphatic rings. The number of carbonyl (C=O) groups excluding carboxylic acids is 1. The lowest BCUT2D eigenvalue weighted by molar-refractivity contribution is -0.131. The first kappa shape index (κ1) is 11.6. The lowest BCUT2D eigenvalue weighted by Crippen LogP contribution is -1.90. The van der Waals surface area contributed by atoms with E-state index in [9.17, 15) is 14.0 Å². The molecule has 0 aromatic carbocycles. The fraction of sp³-hybridized carbons (Fsp3) is 0.200. The maximum absolute atomic E-state index is 13.4. The summed E-state index contributed by atoms with van der Waals surface area (Å²) in [7, 11) is 0. The molecular weight excluding hydrogens is 219 g/mol. The smallest absolute Gasteiger partial charge is 0.328 e. The quantitative estimate of drug-likeness (QED) is 0.638. The van der Waals surface area contributed by atoms with E-state index in [1.165, 1.54) is 19.9 Å². The lowest BCUT2D eigenvalue weighted by Gasteiger charge is -1.88. The van der Waals surface area contributed by atoms with E-state index in [0.717, 1.165) is 17.4 Å². The Morgan fingerprint density at radius 2 is 2.07 bits per heavy atom. The number of carboxylic acids is 1. The molecule has 1 N–H and O–H groups in total. The Bertz CT molecular complexity index is 446. The maximum atomic E-state index is 13.4. The van der Waals surface area contributed by atoms with Crippen LogP contribution in [-0.2, 0) is 4.79 Å². The molecule has 1 heterocycles. The minimum Gasteiger partial charge on any atom is -0.478 e. The van der Waals surface area contributed by atoms with Gasteiger partial charge in [0.05, 0.1) is 0 Å². The molecule has 0 saturated heterocycles. The van der Waals surface area contributed by atoms with Crippen molar-refractivity contribution in [1.29, 1.82) is 0 Å². The number of ketones is 1. The molecule has 3 nitrogen and oxygen atoms in total. The summed E-state index contributed by atoms with van der Waals surface area (Å²) in [5.41, 5.74) is 0.308. The van der Waals surface area contributed by atoms with Crippen molar-refractivity contribution in [3.05, 3.63) is 27.2 Å². The van der Waals surface area contributed by atoms with Crippen molar-refractivity contribution >= 4 is 29.2 Å². The second-order valence-corrected chi connectivity index (χ2v) is 4.01. The predicted molar refractivity (Wildman–Crippen MR) is 55.7 cm³/mol. The summed E-state index contributed by atoms with van der Waals surface area (Å²) in [6.45, 7) is 2.79. The highest BCUT2D eigenvalue weighted by Gasteiger charge is 2.16. The number of carbonyl (C=O) groups is 2. The number of halogens is 1. The van der Waals surface area contributed by atoms with Gasteiger partial charge in [-0.3, -0.25) is 4.79 Å². The molecule has 0 amide bonds. The van der Waals surface area contributed by atoms with Crippen LogP contribution in [0, 0.1) is 12.7 Å². The van der Waals surface area contributed by atoms with Crippen molar-refractivity contribution in [2.24, 2.45) is 0 Å². The fourth-order valence-corrected chi connectivity index (χ4v) is 2.03. The number of carboxylic acid groups (broad SMARTS) is 1. The van der Waals surface area contributed by atoms with Crippen molar-refractivity contribution in [3.8, 4) is 0 Å². The Balaban J connectivity index is 3.16. The van der Waals surface area contributed by atoms with Gasteiger partial charge in [0.2, 0.25) is 0 Å². The van der Waals surface area contributed by atoms with Gasteiger partial charge in [0.1, 0.15) is 10.7 Å². The zero-order valence-electron chi connectivity index (χ0n) is 8.20. The highest BCUT2D eigenvalue weighted by Crippen LogP contribution is 2.28. The first-order valence-corrected chi connectivity index (χ1v) is 4.96. The van der Waals surface area contributed by atoms with E-state index in [1.807, 2.05) is 0 Å². The van der Waals surface area contributed by atoms with Gasteiger partial charge in [0.25, 0.3) is 0 Å². The molecule has 15 heavy (non-hydrogen) atoms. The summed E-state index contributed by atoms with van der Waals surface area (Å²) >= 11 is 0.962. The monoisotopic (exact) mass is 228 g/mol. The average molecular weight is 228 g/mol. The second kappa shape index (κ2) is 4.35. The van der Waals surface area contributed by atoms with Crippen LogP contribution in [0.4, 0.5) is 4.39 Å². The maximum Gasteiger partial charge on any atom is 0.328 e. The molecule has 5 heteroatoms. The van der Waals surface area contributed by atoms with Gasteiger partial charge in [-0.25, -0.2) is 9.18 Å². The number of hydrogen-bond acceptors (Lipinski definition) is 3. The van der Waals surface area contributed by atoms with Crippen LogP contribution < -0.4 is 0 Å². The van der Waals surface area contributed by atoms with Gasteiger partial charge in [-0.05, 0) is 13.0 Å². The molecule has 0 spiro atoms. The van der Waals surface area contributed by atoms with E-state index in [0.29, 0.717) is 10.4 Å². The summed E-state index contributed by atoms with van der Waals surface area (Å²) in [5, 5.41) is 8.41. The van der Waals surface area contributed by atoms with E-state index >= 15 is 0 Å². The SMILES string of the molecule is CC(=O)c1sc(C=CC(=O)O)c(C)c1F. The van der Waals surface area contributed by atoms with E-state index in [-0.39, 0.29) is 10.7 Å². The minimum absolute atomic E-state index is 0.0394. The standard InChI is InChI=1S/C10H9FO3S/c1-5-7(3-4-8(13)14)15-10(6(2)12)9(5)11/h3-4H,1-2H3,(H,13,14). The van der Waals surface area contributed by atoms with E-state index in [1.54, 1.807) is 0 Å². The first-order valence-electron chi connectivity index (χ1n) is 4.14. The van der Waals surface area contributed by atoms with E-state index < -0.39 is 11.8 Å². The molecule has 0 fully saturated rings. The minimum atomic E-state index is -1.10. The van der Waals surface area contributed by atoms with Gasteiger partial charge in [-0.15, -0.1) is 11.3 Å². The molecule has 1 aromatic rings. The van der Waals surface area contributed by atoms with Crippen LogP contribution in [0.5, 0.6) is 0 Å². The number of thiophene rings is 1. The Morgan fingerprint density at radius 3 is 2.47 bits per heavy atom. The van der Waals surface area contributed by atoms with Crippen LogP contribution in [-0.4, -0.2) is 16.9 Å². The molecular formula is C10H9FO3S. The largest absolute Gasteiger partial charge is 0.478 e. The van der Waals surface area contributed by atoms with Crippen molar-refractivity contribution < 1.29 is 19.1 Å². The predicted octanol–water partition coefficient (Wildman–Crippen LogP) is 2.50. The highest BCUT2D eigenvalue weighted by molar-refractivity contribution is 7.15. The van der Waals surface area contributed by atoms with E-state index in [4.69, 9.17) is 5.11 Å². The summed E-state index contributed by atoms with van der Waals surface area (Å²) in [6.07, 6.45) is 2.21. The molecule has 0 unspecified atom stereocenters. The first-order chi connectivity index (χ1) is 6.93. The number of Topliss-reactive ketones (excluding diaryl/α,β-unsaturated/α-hetero) is 1. The molecule has 1 rings (SSSR count). The summed E-state index contributed by atoms with van der Waals surface area (Å²) in [6, 6.07) is 0. The van der Waals surface area contributed by atoms with Crippen LogP contribution in [0.15, 0.2) is 6.08 Å². The summed E-state index contributed by atoms with van der Waals surface area (Å²) in [5.74, 6) is -2.01. The van der Waals surface area contributed by atoms with Crippen molar-refractivity contribution in [2.75, 3.05) is 0 Å². The van der Waals surface area contributed by atoms with Gasteiger partial charge >= 0.3 is 5.97 Å². The molecule has 0 saturated carbocycles. The number of rotatable bonds is 3. The zero-order chi connectivity index (χ0) is 11.6. The van der Waals surface area contributed by atoms with E-state index in [2.05, 4.69) is 0 Å². The molecule has 1 aromatic heterocycles. The van der Waals surface area contributed by atoms with Gasteiger partial charge in [0.15, 0.2) is 5.78 Å². The van der Waals surface area contributed by atoms with Crippen molar-refractivity contribution in [3.63, 3.8) is 0 Å². The molecule has 0 atom stereocenters. The Morgan fingerprint density at radius 1 is 1.47 bits per heavy atom. The van der Waals surface area contributed by atoms with Gasteiger partial charge in [-0.2, -0.15) is 0 Å². The van der Waals surface area contributed by atoms with Crippen LogP contribution in [0.1, 0.15) is 27.0 Å². The van der Waals surface area contributed by atoms with Gasteiger partial charge in [0, 0.05) is 23.4 Å². The van der Waals surface area contributed by atoms with Crippen LogP contribution in [0.2, 0.25) is 0 Å². The topological polar surface area (TPSA) is 54.4 Å². The third kappa shape index (κ3) is 2.50. The lowest BCUT2D eigenvalue weighted by atomic mass is 10.2. The molecule has 0 radical (unpaired) electrons. The molecule has 0 aliphatic heterocycles. The molecule has 80 valence electrons. The van der Waals surface area contributed by atoms with Crippen LogP contribution in [0.3, 0.4) is 0 Å². The zero-order valence-corrected chi connectivity index (χ0v) is 9.02. The summed E-state index contributed by atoms with van der Waals surface area (Å²) in [4.78, 5) is 21.8. The normalized spacial score (nSPS) is 10.9. The Kier molecular flexibility index (Phi) is 3.36. The average Bonchev–Trinajstić information content (AvgIpc) is 2.41. The highest BCUT2D eigenvalue weighted by atomic mass is 32.1. The molecule has 0 aliphatic carbocycles. The molecule has 0 bridgehead atoms. The summed E-state index contributed by atoms with van der Waals surface area (Å²) < 4.78 is 13.4. The van der Waals surface area contributed by atoms with Crippen LogP contribution in [0.25, 0.3) is 6.08 Å². The third-order valence-electron chi connectivity index (χ3n) is 1.81. The van der Waals surface area contributed by atoms with Crippen LogP contribution >= 0.6 is 11.3 Å². The van der Waals surface area contributed by atoms with Crippen molar-refractivity contribution in [2.45, 2.75) is 13.8 Å². The second-order valence-electron chi connectivity index (χ2n) is 2.96.